The number of thiophene rings is 1. The van der Waals surface area contributed by atoms with Crippen molar-refractivity contribution >= 4 is 27.4 Å². The van der Waals surface area contributed by atoms with Crippen molar-refractivity contribution in [1.82, 2.24) is 4.72 Å². The van der Waals surface area contributed by atoms with Crippen LogP contribution in [0.1, 0.15) is 22.0 Å². The van der Waals surface area contributed by atoms with Gasteiger partial charge in [0.15, 0.2) is 0 Å². The molecule has 0 fully saturated rings. The molecule has 0 bridgehead atoms. The monoisotopic (exact) mass is 355 g/mol. The van der Waals surface area contributed by atoms with Gasteiger partial charge >= 0.3 is 0 Å². The standard InChI is InChI=1S/C19H17NO2S2/c21-24(22,15-13-16-8-3-1-4-9-16)20-19(18-12-7-14-23-18)17-10-5-2-6-11-17/h1-15,19-20H/b15-13+/t19-/m1/s1. The molecule has 122 valence electrons. The summed E-state index contributed by atoms with van der Waals surface area (Å²) in [5.41, 5.74) is 1.76. The van der Waals surface area contributed by atoms with E-state index in [-0.39, 0.29) is 0 Å². The van der Waals surface area contributed by atoms with E-state index in [1.165, 1.54) is 16.7 Å². The smallest absolute Gasteiger partial charge is 0.208 e. The topological polar surface area (TPSA) is 46.2 Å². The fraction of sp³-hybridized carbons (Fsp3) is 0.0526. The maximum absolute atomic E-state index is 12.5. The molecular formula is C19H17NO2S2. The van der Waals surface area contributed by atoms with Crippen molar-refractivity contribution in [3.8, 4) is 0 Å². The average Bonchev–Trinajstić information content (AvgIpc) is 3.14. The molecule has 0 saturated carbocycles. The number of nitrogens with one attached hydrogen (secondary N) is 1. The van der Waals surface area contributed by atoms with E-state index in [4.69, 9.17) is 0 Å². The molecule has 1 aromatic heterocycles. The van der Waals surface area contributed by atoms with E-state index < -0.39 is 16.1 Å². The van der Waals surface area contributed by atoms with Crippen molar-refractivity contribution in [3.05, 3.63) is 99.6 Å². The number of benzene rings is 2. The Labute approximate surface area is 146 Å². The third kappa shape index (κ3) is 4.41. The molecular weight excluding hydrogens is 338 g/mol. The molecule has 3 nitrogen and oxygen atoms in total. The van der Waals surface area contributed by atoms with Gasteiger partial charge in [-0.05, 0) is 28.6 Å². The summed E-state index contributed by atoms with van der Waals surface area (Å²) in [6, 6.07) is 22.4. The predicted octanol–water partition coefficient (Wildman–Crippen LogP) is 4.43. The summed E-state index contributed by atoms with van der Waals surface area (Å²) in [5.74, 6) is 0. The quantitative estimate of drug-likeness (QED) is 0.711. The summed E-state index contributed by atoms with van der Waals surface area (Å²) in [4.78, 5) is 0.956. The zero-order valence-corrected chi connectivity index (χ0v) is 14.5. The first-order chi connectivity index (χ1) is 11.6. The lowest BCUT2D eigenvalue weighted by Crippen LogP contribution is -2.27. The van der Waals surface area contributed by atoms with Crippen LogP contribution in [0.4, 0.5) is 0 Å². The van der Waals surface area contributed by atoms with E-state index in [0.717, 1.165) is 16.0 Å². The molecule has 1 heterocycles. The number of rotatable bonds is 6. The van der Waals surface area contributed by atoms with Crippen LogP contribution < -0.4 is 4.72 Å². The van der Waals surface area contributed by atoms with E-state index in [9.17, 15) is 8.42 Å². The van der Waals surface area contributed by atoms with Crippen molar-refractivity contribution in [2.75, 3.05) is 0 Å². The molecule has 3 rings (SSSR count). The third-order valence-electron chi connectivity index (χ3n) is 3.48. The lowest BCUT2D eigenvalue weighted by Gasteiger charge is -2.16. The third-order valence-corrected chi connectivity index (χ3v) is 5.48. The second-order valence-electron chi connectivity index (χ2n) is 5.24. The van der Waals surface area contributed by atoms with Gasteiger partial charge in [0.25, 0.3) is 0 Å². The summed E-state index contributed by atoms with van der Waals surface area (Å²) < 4.78 is 27.8. The maximum Gasteiger partial charge on any atom is 0.234 e. The van der Waals surface area contributed by atoms with Crippen LogP contribution in [-0.4, -0.2) is 8.42 Å². The normalized spacial score (nSPS) is 13.2. The Kier molecular flexibility index (Phi) is 5.25. The van der Waals surface area contributed by atoms with Crippen molar-refractivity contribution in [3.63, 3.8) is 0 Å². The van der Waals surface area contributed by atoms with Crippen LogP contribution >= 0.6 is 11.3 Å². The van der Waals surface area contributed by atoms with Crippen LogP contribution in [-0.2, 0) is 10.0 Å². The van der Waals surface area contributed by atoms with Crippen molar-refractivity contribution in [1.29, 1.82) is 0 Å². The van der Waals surface area contributed by atoms with E-state index >= 15 is 0 Å². The molecule has 3 aromatic rings. The first-order valence-electron chi connectivity index (χ1n) is 7.48. The first kappa shape index (κ1) is 16.6. The second kappa shape index (κ2) is 7.57. The van der Waals surface area contributed by atoms with E-state index in [1.54, 1.807) is 6.08 Å². The van der Waals surface area contributed by atoms with E-state index in [0.29, 0.717) is 0 Å². The van der Waals surface area contributed by atoms with Gasteiger partial charge in [0, 0.05) is 10.3 Å². The van der Waals surface area contributed by atoms with E-state index in [2.05, 4.69) is 4.72 Å². The summed E-state index contributed by atoms with van der Waals surface area (Å²) in [6.45, 7) is 0. The Morgan fingerprint density at radius 3 is 2.17 bits per heavy atom. The maximum atomic E-state index is 12.5. The molecule has 0 aliphatic rings. The number of hydrogen-bond donors (Lipinski definition) is 1. The Hall–Kier alpha value is -2.21. The van der Waals surface area contributed by atoms with Gasteiger partial charge in [-0.15, -0.1) is 11.3 Å². The van der Waals surface area contributed by atoms with Crippen LogP contribution in [0.5, 0.6) is 0 Å². The van der Waals surface area contributed by atoms with E-state index in [1.807, 2.05) is 78.2 Å². The van der Waals surface area contributed by atoms with Crippen LogP contribution in [0, 0.1) is 0 Å². The second-order valence-corrected chi connectivity index (χ2v) is 7.81. The molecule has 0 spiro atoms. The highest BCUT2D eigenvalue weighted by atomic mass is 32.2. The van der Waals surface area contributed by atoms with Crippen LogP contribution in [0.15, 0.2) is 83.6 Å². The Morgan fingerprint density at radius 2 is 1.54 bits per heavy atom. The fourth-order valence-electron chi connectivity index (χ4n) is 2.33. The van der Waals surface area contributed by atoms with Gasteiger partial charge in [0.1, 0.15) is 0 Å². The van der Waals surface area contributed by atoms with Gasteiger partial charge in [-0.2, -0.15) is 4.72 Å². The molecule has 1 N–H and O–H groups in total. The van der Waals surface area contributed by atoms with Crippen LogP contribution in [0.25, 0.3) is 6.08 Å². The molecule has 0 radical (unpaired) electrons. The minimum absolute atomic E-state index is 0.392. The van der Waals surface area contributed by atoms with Gasteiger partial charge in [0.2, 0.25) is 10.0 Å². The Balaban J connectivity index is 1.86. The average molecular weight is 355 g/mol. The van der Waals surface area contributed by atoms with Gasteiger partial charge in [-0.25, -0.2) is 8.42 Å². The molecule has 5 heteroatoms. The Bertz CT molecular complexity index is 887. The predicted molar refractivity (Wildman–Crippen MR) is 100 cm³/mol. The Morgan fingerprint density at radius 1 is 0.875 bits per heavy atom. The first-order valence-corrected chi connectivity index (χ1v) is 9.90. The van der Waals surface area contributed by atoms with Gasteiger partial charge in [-0.1, -0.05) is 66.7 Å². The number of hydrogen-bond acceptors (Lipinski definition) is 3. The van der Waals surface area contributed by atoms with Crippen molar-refractivity contribution in [2.24, 2.45) is 0 Å². The zero-order chi connectivity index (χ0) is 16.8. The summed E-state index contributed by atoms with van der Waals surface area (Å²) >= 11 is 1.53. The minimum atomic E-state index is -3.58. The molecule has 0 amide bonds. The summed E-state index contributed by atoms with van der Waals surface area (Å²) in [6.07, 6.45) is 1.60. The lowest BCUT2D eigenvalue weighted by molar-refractivity contribution is 0.583. The highest BCUT2D eigenvalue weighted by molar-refractivity contribution is 7.92. The summed E-state index contributed by atoms with van der Waals surface area (Å²) in [7, 11) is -3.58. The highest BCUT2D eigenvalue weighted by Crippen LogP contribution is 2.26. The highest BCUT2D eigenvalue weighted by Gasteiger charge is 2.20. The lowest BCUT2D eigenvalue weighted by atomic mass is 10.1. The zero-order valence-electron chi connectivity index (χ0n) is 12.9. The molecule has 24 heavy (non-hydrogen) atoms. The molecule has 0 saturated heterocycles. The van der Waals surface area contributed by atoms with Crippen LogP contribution in [0.3, 0.4) is 0 Å². The minimum Gasteiger partial charge on any atom is -0.208 e. The molecule has 2 aromatic carbocycles. The SMILES string of the molecule is O=S(=O)(/C=C/c1ccccc1)N[C@H](c1ccccc1)c1cccs1. The largest absolute Gasteiger partial charge is 0.234 e. The molecule has 1 atom stereocenters. The molecule has 0 aliphatic heterocycles. The summed E-state index contributed by atoms with van der Waals surface area (Å²) in [5, 5.41) is 3.16. The van der Waals surface area contributed by atoms with Crippen molar-refractivity contribution < 1.29 is 8.42 Å². The number of sulfonamides is 1. The fourth-order valence-corrected chi connectivity index (χ4v) is 4.21. The van der Waals surface area contributed by atoms with Crippen LogP contribution in [0.2, 0.25) is 0 Å². The van der Waals surface area contributed by atoms with Gasteiger partial charge in [0.05, 0.1) is 6.04 Å². The van der Waals surface area contributed by atoms with Crippen molar-refractivity contribution in [2.45, 2.75) is 6.04 Å². The molecule has 0 unspecified atom stereocenters. The van der Waals surface area contributed by atoms with Gasteiger partial charge in [-0.3, -0.25) is 0 Å². The van der Waals surface area contributed by atoms with Gasteiger partial charge < -0.3 is 0 Å². The molecule has 0 aliphatic carbocycles.